The number of ether oxygens (including phenoxy) is 1. The van der Waals surface area contributed by atoms with Crippen molar-refractivity contribution in [3.8, 4) is 11.4 Å². The summed E-state index contributed by atoms with van der Waals surface area (Å²) in [5.74, 6) is 0.689. The summed E-state index contributed by atoms with van der Waals surface area (Å²) in [5.41, 5.74) is 3.13. The first kappa shape index (κ1) is 22.3. The number of amides is 1. The number of aromatic amines is 1. The molecule has 0 saturated heterocycles. The number of nitrogens with zero attached hydrogens (tertiary/aromatic N) is 2. The molecule has 2 N–H and O–H groups in total. The summed E-state index contributed by atoms with van der Waals surface area (Å²) >= 11 is 7.87. The Bertz CT molecular complexity index is 1390. The Morgan fingerprint density at radius 2 is 2.06 bits per heavy atom. The molecule has 0 atom stereocenters. The Hall–Kier alpha value is -2.95. The summed E-state index contributed by atoms with van der Waals surface area (Å²) in [6.07, 6.45) is 0. The number of hydrogen-bond acceptors (Lipinski definition) is 7. The number of H-pyrrole nitrogens is 1. The predicted octanol–water partition coefficient (Wildman–Crippen LogP) is 4.23. The Balaban J connectivity index is 1.50. The van der Waals surface area contributed by atoms with Crippen LogP contribution in [0.2, 0.25) is 0 Å². The van der Waals surface area contributed by atoms with E-state index in [0.29, 0.717) is 26.0 Å². The SMILES string of the molecule is COc1cccc(CNC(=O)CSc2nc3c(sc(=S)n3-c3ccc(C)cc3)c(=O)[nH]2)c1. The van der Waals surface area contributed by atoms with Gasteiger partial charge < -0.3 is 15.0 Å². The largest absolute Gasteiger partial charge is 0.497 e. The molecule has 0 aliphatic carbocycles. The molecular weight excluding hydrogens is 464 g/mol. The molecule has 0 aliphatic heterocycles. The van der Waals surface area contributed by atoms with Crippen LogP contribution in [0.25, 0.3) is 16.0 Å². The van der Waals surface area contributed by atoms with Crippen LogP contribution in [0.15, 0.2) is 58.5 Å². The number of methoxy groups -OCH3 is 1. The van der Waals surface area contributed by atoms with Gasteiger partial charge in [0.2, 0.25) is 5.91 Å². The number of carbonyl (C=O) groups is 1. The Kier molecular flexibility index (Phi) is 6.73. The number of nitrogens with one attached hydrogen (secondary N) is 2. The zero-order chi connectivity index (χ0) is 22.7. The van der Waals surface area contributed by atoms with Crippen LogP contribution in [-0.4, -0.2) is 33.3 Å². The molecule has 1 amide bonds. The van der Waals surface area contributed by atoms with E-state index >= 15 is 0 Å². The number of aromatic nitrogens is 3. The highest BCUT2D eigenvalue weighted by Gasteiger charge is 2.14. The number of thiazole rings is 1. The average molecular weight is 485 g/mol. The van der Waals surface area contributed by atoms with Gasteiger partial charge in [-0.1, -0.05) is 52.9 Å². The van der Waals surface area contributed by atoms with Gasteiger partial charge in [-0.15, -0.1) is 0 Å². The molecule has 4 rings (SSSR count). The fourth-order valence-electron chi connectivity index (χ4n) is 3.05. The first-order chi connectivity index (χ1) is 15.4. The van der Waals surface area contributed by atoms with Crippen LogP contribution >= 0.6 is 35.3 Å². The van der Waals surface area contributed by atoms with Crippen LogP contribution in [-0.2, 0) is 11.3 Å². The summed E-state index contributed by atoms with van der Waals surface area (Å²) in [7, 11) is 1.60. The third-order valence-corrected chi connectivity index (χ3v) is 6.91. The van der Waals surface area contributed by atoms with Gasteiger partial charge in [-0.3, -0.25) is 14.2 Å². The predicted molar refractivity (Wildman–Crippen MR) is 131 cm³/mol. The van der Waals surface area contributed by atoms with Crippen LogP contribution in [0.1, 0.15) is 11.1 Å². The minimum atomic E-state index is -0.267. The molecule has 2 heterocycles. The smallest absolute Gasteiger partial charge is 0.271 e. The summed E-state index contributed by atoms with van der Waals surface area (Å²) in [4.78, 5) is 32.2. The lowest BCUT2D eigenvalue weighted by Gasteiger charge is -2.07. The van der Waals surface area contributed by atoms with E-state index in [4.69, 9.17) is 17.0 Å². The third-order valence-electron chi connectivity index (χ3n) is 4.68. The minimum Gasteiger partial charge on any atom is -0.497 e. The third kappa shape index (κ3) is 4.93. The van der Waals surface area contributed by atoms with Crippen LogP contribution in [0.4, 0.5) is 0 Å². The van der Waals surface area contributed by atoms with Crippen molar-refractivity contribution in [3.63, 3.8) is 0 Å². The van der Waals surface area contributed by atoms with Crippen molar-refractivity contribution in [1.29, 1.82) is 0 Å². The zero-order valence-corrected chi connectivity index (χ0v) is 19.8. The Morgan fingerprint density at radius 1 is 1.28 bits per heavy atom. The van der Waals surface area contributed by atoms with Gasteiger partial charge in [0.05, 0.1) is 12.9 Å². The van der Waals surface area contributed by atoms with E-state index in [-0.39, 0.29) is 17.2 Å². The maximum atomic E-state index is 12.6. The first-order valence-electron chi connectivity index (χ1n) is 9.70. The molecule has 0 bridgehead atoms. The molecule has 2 aromatic heterocycles. The van der Waals surface area contributed by atoms with Crippen molar-refractivity contribution in [2.75, 3.05) is 12.9 Å². The van der Waals surface area contributed by atoms with Crippen LogP contribution < -0.4 is 15.6 Å². The molecule has 0 saturated carbocycles. The van der Waals surface area contributed by atoms with Gasteiger partial charge in [0.25, 0.3) is 5.56 Å². The Morgan fingerprint density at radius 3 is 2.81 bits per heavy atom. The van der Waals surface area contributed by atoms with Gasteiger partial charge in [-0.2, -0.15) is 0 Å². The second-order valence-corrected chi connectivity index (χ2v) is 9.59. The molecule has 0 spiro atoms. The van der Waals surface area contributed by atoms with Crippen molar-refractivity contribution in [1.82, 2.24) is 19.9 Å². The molecule has 0 fully saturated rings. The maximum absolute atomic E-state index is 12.6. The molecule has 10 heteroatoms. The van der Waals surface area contributed by atoms with Crippen LogP contribution in [0.5, 0.6) is 5.75 Å². The van der Waals surface area contributed by atoms with Gasteiger partial charge in [-0.25, -0.2) is 4.98 Å². The van der Waals surface area contributed by atoms with Crippen molar-refractivity contribution >= 4 is 51.6 Å². The molecule has 7 nitrogen and oxygen atoms in total. The van der Waals surface area contributed by atoms with Crippen molar-refractivity contribution < 1.29 is 9.53 Å². The van der Waals surface area contributed by atoms with E-state index in [9.17, 15) is 9.59 Å². The molecule has 0 radical (unpaired) electrons. The quantitative estimate of drug-likeness (QED) is 0.232. The number of carbonyl (C=O) groups excluding carboxylic acids is 1. The number of rotatable bonds is 7. The zero-order valence-electron chi connectivity index (χ0n) is 17.4. The van der Waals surface area contributed by atoms with Gasteiger partial charge >= 0.3 is 0 Å². The minimum absolute atomic E-state index is 0.119. The van der Waals surface area contributed by atoms with Crippen molar-refractivity contribution in [3.05, 3.63) is 74.0 Å². The molecule has 32 heavy (non-hydrogen) atoms. The molecule has 164 valence electrons. The number of fused-ring (bicyclic) bond motifs is 1. The van der Waals surface area contributed by atoms with Gasteiger partial charge in [0.1, 0.15) is 10.4 Å². The highest BCUT2D eigenvalue weighted by Crippen LogP contribution is 2.25. The van der Waals surface area contributed by atoms with E-state index in [1.807, 2.05) is 55.5 Å². The lowest BCUT2D eigenvalue weighted by Crippen LogP contribution is -2.24. The number of hydrogen-bond donors (Lipinski definition) is 2. The number of aryl methyl sites for hydroxylation is 1. The normalized spacial score (nSPS) is 10.9. The second kappa shape index (κ2) is 9.68. The van der Waals surface area contributed by atoms with Gasteiger partial charge in [0, 0.05) is 12.2 Å². The first-order valence-corrected chi connectivity index (χ1v) is 11.9. The van der Waals surface area contributed by atoms with E-state index in [2.05, 4.69) is 15.3 Å². The monoisotopic (exact) mass is 484 g/mol. The number of benzene rings is 2. The van der Waals surface area contributed by atoms with Gasteiger partial charge in [-0.05, 0) is 49.0 Å². The van der Waals surface area contributed by atoms with Crippen molar-refractivity contribution in [2.45, 2.75) is 18.6 Å². The summed E-state index contributed by atoms with van der Waals surface area (Å²) < 4.78 is 7.99. The summed E-state index contributed by atoms with van der Waals surface area (Å²) in [6.45, 7) is 2.39. The van der Waals surface area contributed by atoms with E-state index in [0.717, 1.165) is 22.6 Å². The van der Waals surface area contributed by atoms with E-state index in [1.165, 1.54) is 23.1 Å². The van der Waals surface area contributed by atoms with Gasteiger partial charge in [0.15, 0.2) is 14.8 Å². The van der Waals surface area contributed by atoms with Crippen LogP contribution in [0.3, 0.4) is 0 Å². The molecule has 0 unspecified atom stereocenters. The molecule has 0 aliphatic rings. The standard InChI is InChI=1S/C22H20N4O3S3/c1-13-6-8-15(9-7-13)26-19-18(32-22(26)30)20(28)25-21(24-19)31-12-17(27)23-11-14-4-3-5-16(10-14)29-2/h3-10H,11-12H2,1-2H3,(H,23,27)(H,24,25,28). The maximum Gasteiger partial charge on any atom is 0.271 e. The highest BCUT2D eigenvalue weighted by molar-refractivity contribution is 7.99. The molecule has 2 aromatic carbocycles. The lowest BCUT2D eigenvalue weighted by molar-refractivity contribution is -0.118. The van der Waals surface area contributed by atoms with E-state index < -0.39 is 0 Å². The topological polar surface area (TPSA) is 89.0 Å². The summed E-state index contributed by atoms with van der Waals surface area (Å²) in [6, 6.07) is 15.4. The van der Waals surface area contributed by atoms with Crippen molar-refractivity contribution in [2.24, 2.45) is 0 Å². The van der Waals surface area contributed by atoms with Crippen LogP contribution in [0, 0.1) is 10.9 Å². The fraction of sp³-hybridized carbons (Fsp3) is 0.182. The molecular formula is C22H20N4O3S3. The highest BCUT2D eigenvalue weighted by atomic mass is 32.2. The summed E-state index contributed by atoms with van der Waals surface area (Å²) in [5, 5.41) is 3.23. The Labute approximate surface area is 197 Å². The van der Waals surface area contributed by atoms with E-state index in [1.54, 1.807) is 11.7 Å². The second-order valence-electron chi connectivity index (χ2n) is 6.98. The average Bonchev–Trinajstić information content (AvgIpc) is 3.13. The molecule has 4 aromatic rings. The fourth-order valence-corrected chi connectivity index (χ4v) is 5.01. The number of thioether (sulfide) groups is 1. The lowest BCUT2D eigenvalue weighted by atomic mass is 10.2.